The topological polar surface area (TPSA) is 68.8 Å². The van der Waals surface area contributed by atoms with Gasteiger partial charge in [0.1, 0.15) is 0 Å². The van der Waals surface area contributed by atoms with Gasteiger partial charge in [-0.2, -0.15) is 4.98 Å². The molecular weight excluding hydrogens is 178 g/mol. The molecule has 0 amide bonds. The van der Waals surface area contributed by atoms with Gasteiger partial charge < -0.3 is 15.6 Å². The Balaban J connectivity index is 2.45. The molecule has 0 atom stereocenters. The Bertz CT molecular complexity index is 434. The van der Waals surface area contributed by atoms with Gasteiger partial charge in [0, 0.05) is 19.3 Å². The molecule has 74 valence electrons. The summed E-state index contributed by atoms with van der Waals surface area (Å²) in [7, 11) is 1.91. The molecule has 0 radical (unpaired) electrons. The number of nitrogens with two attached hydrogens (primary N) is 1. The first kappa shape index (κ1) is 8.96. The van der Waals surface area contributed by atoms with E-state index in [-0.39, 0.29) is 0 Å². The van der Waals surface area contributed by atoms with E-state index in [1.807, 2.05) is 23.7 Å². The van der Waals surface area contributed by atoms with Crippen molar-refractivity contribution in [2.45, 2.75) is 6.54 Å². The van der Waals surface area contributed by atoms with Gasteiger partial charge in [-0.25, -0.2) is 4.98 Å². The molecule has 0 fully saturated rings. The number of hydrogen-bond donors (Lipinski definition) is 2. The number of pyridine rings is 1. The first-order valence-electron chi connectivity index (χ1n) is 4.54. The Kier molecular flexibility index (Phi) is 2.32. The van der Waals surface area contributed by atoms with Gasteiger partial charge in [-0.1, -0.05) is 0 Å². The van der Waals surface area contributed by atoms with E-state index < -0.39 is 0 Å². The van der Waals surface area contributed by atoms with Crippen molar-refractivity contribution in [3.63, 3.8) is 0 Å². The summed E-state index contributed by atoms with van der Waals surface area (Å²) in [6.07, 6.45) is 1.72. The fourth-order valence-electron chi connectivity index (χ4n) is 1.44. The van der Waals surface area contributed by atoms with E-state index in [4.69, 9.17) is 5.73 Å². The van der Waals surface area contributed by atoms with E-state index in [1.165, 1.54) is 0 Å². The molecular formula is C9H13N5. The van der Waals surface area contributed by atoms with Crippen LogP contribution in [0.1, 0.15) is 0 Å². The van der Waals surface area contributed by atoms with Crippen LogP contribution in [0.2, 0.25) is 0 Å². The van der Waals surface area contributed by atoms with E-state index >= 15 is 0 Å². The average molecular weight is 191 g/mol. The molecule has 0 saturated carbocycles. The quantitative estimate of drug-likeness (QED) is 0.728. The van der Waals surface area contributed by atoms with Crippen LogP contribution < -0.4 is 11.1 Å². The number of likely N-dealkylation sites (N-methyl/N-ethyl adjacent to an activating group) is 1. The number of nitrogen functional groups attached to an aromatic ring is 1. The monoisotopic (exact) mass is 191 g/mol. The number of fused-ring (bicyclic) bond motifs is 1. The Morgan fingerprint density at radius 3 is 3.21 bits per heavy atom. The summed E-state index contributed by atoms with van der Waals surface area (Å²) in [5.41, 5.74) is 7.47. The average Bonchev–Trinajstić information content (AvgIpc) is 2.51. The van der Waals surface area contributed by atoms with Gasteiger partial charge in [0.25, 0.3) is 0 Å². The summed E-state index contributed by atoms with van der Waals surface area (Å²) in [6.45, 7) is 1.68. The first-order chi connectivity index (χ1) is 6.83. The fourth-order valence-corrected chi connectivity index (χ4v) is 1.44. The number of nitrogens with zero attached hydrogens (tertiary/aromatic N) is 3. The maximum atomic E-state index is 5.78. The fraction of sp³-hybridized carbons (Fsp3) is 0.333. The normalized spacial score (nSPS) is 10.9. The minimum absolute atomic E-state index is 0.522. The van der Waals surface area contributed by atoms with Gasteiger partial charge in [0.2, 0.25) is 5.95 Å². The van der Waals surface area contributed by atoms with Gasteiger partial charge in [-0.05, 0) is 19.2 Å². The Morgan fingerprint density at radius 1 is 1.57 bits per heavy atom. The van der Waals surface area contributed by atoms with Gasteiger partial charge in [-0.15, -0.1) is 0 Å². The minimum atomic E-state index is 0.522. The molecule has 5 nitrogen and oxygen atoms in total. The van der Waals surface area contributed by atoms with E-state index in [0.29, 0.717) is 11.6 Å². The van der Waals surface area contributed by atoms with E-state index in [2.05, 4.69) is 15.3 Å². The molecule has 3 N–H and O–H groups in total. The summed E-state index contributed by atoms with van der Waals surface area (Å²) in [5.74, 6) is 0.522. The molecule has 5 heteroatoms. The molecule has 0 aliphatic carbocycles. The molecule has 0 unspecified atom stereocenters. The Labute approximate surface area is 82.0 Å². The molecule has 2 aromatic heterocycles. The summed E-state index contributed by atoms with van der Waals surface area (Å²) < 4.78 is 1.96. The predicted molar refractivity (Wildman–Crippen MR) is 55.9 cm³/mol. The SMILES string of the molecule is CNCCn1c(N)nc2ncccc21. The van der Waals surface area contributed by atoms with Crippen LogP contribution in [0.25, 0.3) is 11.2 Å². The van der Waals surface area contributed by atoms with Crippen LogP contribution in [-0.4, -0.2) is 28.1 Å². The lowest BCUT2D eigenvalue weighted by atomic mass is 10.4. The smallest absolute Gasteiger partial charge is 0.202 e. The van der Waals surface area contributed by atoms with Crippen LogP contribution >= 0.6 is 0 Å². The number of imidazole rings is 1. The molecule has 0 aliphatic rings. The standard InChI is InChI=1S/C9H13N5/c1-11-5-6-14-7-3-2-4-12-8(7)13-9(14)10/h2-4,11H,5-6H2,1H3,(H2,10,12,13). The van der Waals surface area contributed by atoms with Crippen LogP contribution in [0, 0.1) is 0 Å². The first-order valence-corrected chi connectivity index (χ1v) is 4.54. The summed E-state index contributed by atoms with van der Waals surface area (Å²) in [5, 5.41) is 3.07. The molecule has 0 spiro atoms. The third-order valence-electron chi connectivity index (χ3n) is 2.14. The highest BCUT2D eigenvalue weighted by Crippen LogP contribution is 2.14. The third-order valence-corrected chi connectivity index (χ3v) is 2.14. The molecule has 2 aromatic rings. The van der Waals surface area contributed by atoms with Gasteiger partial charge in [0.05, 0.1) is 5.52 Å². The lowest BCUT2D eigenvalue weighted by molar-refractivity contribution is 0.665. The molecule has 0 aliphatic heterocycles. The van der Waals surface area contributed by atoms with Gasteiger partial charge in [0.15, 0.2) is 5.65 Å². The van der Waals surface area contributed by atoms with Gasteiger partial charge >= 0.3 is 0 Å². The zero-order chi connectivity index (χ0) is 9.97. The van der Waals surface area contributed by atoms with Crippen molar-refractivity contribution in [2.75, 3.05) is 19.3 Å². The van der Waals surface area contributed by atoms with Crippen molar-refractivity contribution in [1.29, 1.82) is 0 Å². The predicted octanol–water partition coefficient (Wildman–Crippen LogP) is 0.233. The zero-order valence-corrected chi connectivity index (χ0v) is 8.07. The van der Waals surface area contributed by atoms with E-state index in [0.717, 1.165) is 18.6 Å². The van der Waals surface area contributed by atoms with Crippen molar-refractivity contribution in [3.05, 3.63) is 18.3 Å². The Hall–Kier alpha value is -1.62. The van der Waals surface area contributed by atoms with Crippen molar-refractivity contribution < 1.29 is 0 Å². The largest absolute Gasteiger partial charge is 0.369 e. The number of aromatic nitrogens is 3. The number of hydrogen-bond acceptors (Lipinski definition) is 4. The zero-order valence-electron chi connectivity index (χ0n) is 8.07. The number of anilines is 1. The second-order valence-electron chi connectivity index (χ2n) is 3.07. The number of nitrogens with one attached hydrogen (secondary N) is 1. The molecule has 2 heterocycles. The second-order valence-corrected chi connectivity index (χ2v) is 3.07. The van der Waals surface area contributed by atoms with Gasteiger partial charge in [-0.3, -0.25) is 0 Å². The summed E-state index contributed by atoms with van der Waals surface area (Å²) in [4.78, 5) is 8.31. The minimum Gasteiger partial charge on any atom is -0.369 e. The van der Waals surface area contributed by atoms with Crippen LogP contribution in [0.15, 0.2) is 18.3 Å². The highest BCUT2D eigenvalue weighted by atomic mass is 15.2. The second kappa shape index (κ2) is 3.63. The number of rotatable bonds is 3. The lowest BCUT2D eigenvalue weighted by Gasteiger charge is -2.04. The molecule has 0 aromatic carbocycles. The highest BCUT2D eigenvalue weighted by Gasteiger charge is 2.06. The van der Waals surface area contributed by atoms with E-state index in [1.54, 1.807) is 6.20 Å². The molecule has 0 bridgehead atoms. The lowest BCUT2D eigenvalue weighted by Crippen LogP contribution is -2.16. The van der Waals surface area contributed by atoms with Crippen LogP contribution in [0.5, 0.6) is 0 Å². The summed E-state index contributed by atoms with van der Waals surface area (Å²) >= 11 is 0. The summed E-state index contributed by atoms with van der Waals surface area (Å²) in [6, 6.07) is 3.86. The van der Waals surface area contributed by atoms with Crippen molar-refractivity contribution in [1.82, 2.24) is 19.9 Å². The van der Waals surface area contributed by atoms with Crippen LogP contribution in [0.3, 0.4) is 0 Å². The van der Waals surface area contributed by atoms with Crippen molar-refractivity contribution >= 4 is 17.1 Å². The van der Waals surface area contributed by atoms with E-state index in [9.17, 15) is 0 Å². The van der Waals surface area contributed by atoms with Crippen LogP contribution in [0.4, 0.5) is 5.95 Å². The van der Waals surface area contributed by atoms with Crippen LogP contribution in [-0.2, 0) is 6.54 Å². The van der Waals surface area contributed by atoms with Crippen molar-refractivity contribution in [3.8, 4) is 0 Å². The molecule has 14 heavy (non-hydrogen) atoms. The highest BCUT2D eigenvalue weighted by molar-refractivity contribution is 5.73. The maximum absolute atomic E-state index is 5.78. The molecule has 2 rings (SSSR count). The molecule has 0 saturated heterocycles. The Morgan fingerprint density at radius 2 is 2.43 bits per heavy atom. The van der Waals surface area contributed by atoms with Crippen molar-refractivity contribution in [2.24, 2.45) is 0 Å². The third kappa shape index (κ3) is 1.42. The maximum Gasteiger partial charge on any atom is 0.202 e.